The van der Waals surface area contributed by atoms with E-state index in [1.165, 1.54) is 6.20 Å². The third-order valence-corrected chi connectivity index (χ3v) is 5.26. The Hall–Kier alpha value is -0.370. The molecule has 0 saturated heterocycles. The molecule has 1 aromatic rings. The van der Waals surface area contributed by atoms with E-state index in [4.69, 9.17) is 27.9 Å². The van der Waals surface area contributed by atoms with Crippen molar-refractivity contribution in [3.63, 3.8) is 0 Å². The number of carbonyl (C=O) groups excluding carboxylic acids is 1. The summed E-state index contributed by atoms with van der Waals surface area (Å²) in [5.41, 5.74) is -0.407. The van der Waals surface area contributed by atoms with Crippen LogP contribution in [-0.4, -0.2) is 39.6 Å². The Bertz CT molecular complexity index is 513. The fourth-order valence-corrected chi connectivity index (χ4v) is 3.75. The van der Waals surface area contributed by atoms with Crippen molar-refractivity contribution in [1.29, 1.82) is 0 Å². The van der Waals surface area contributed by atoms with Crippen LogP contribution >= 0.6 is 44.8 Å². The normalized spacial score (nSPS) is 11.3. The van der Waals surface area contributed by atoms with Gasteiger partial charge in [-0.2, -0.15) is 4.98 Å². The molecule has 1 aromatic heterocycles. The van der Waals surface area contributed by atoms with Crippen LogP contribution in [0.5, 0.6) is 0 Å². The molecule has 9 heteroatoms. The fourth-order valence-electron chi connectivity index (χ4n) is 1.47. The quantitative estimate of drug-likeness (QED) is 0.280. The number of halogens is 2. The third-order valence-electron chi connectivity index (χ3n) is 2.30. The lowest BCUT2D eigenvalue weighted by Crippen LogP contribution is -2.23. The van der Waals surface area contributed by atoms with Gasteiger partial charge in [0.2, 0.25) is 5.28 Å². The Morgan fingerprint density at radius 1 is 1.30 bits per heavy atom. The Balaban J connectivity index is 2.04. The van der Waals surface area contributed by atoms with Crippen molar-refractivity contribution in [2.45, 2.75) is 39.2 Å². The second kappa shape index (κ2) is 10.5. The summed E-state index contributed by atoms with van der Waals surface area (Å²) in [7, 11) is 3.46. The van der Waals surface area contributed by atoms with Gasteiger partial charge in [-0.15, -0.1) is 0 Å². The van der Waals surface area contributed by atoms with Gasteiger partial charge in [-0.1, -0.05) is 33.2 Å². The van der Waals surface area contributed by atoms with Gasteiger partial charge in [0, 0.05) is 24.5 Å². The molecule has 130 valence electrons. The average molecular weight is 398 g/mol. The first kappa shape index (κ1) is 20.7. The standard InChI is InChI=1S/C14H21Cl2N3O2S2/c1-14(2,3)21-11(20)5-4-7-22-23-8-6-17-12-10(15)9-18-13(16)19-12/h9H,4-8H2,1-3H3,(H,17,18,19). The molecule has 0 fully saturated rings. The lowest BCUT2D eigenvalue weighted by atomic mass is 10.2. The van der Waals surface area contributed by atoms with Gasteiger partial charge in [-0.25, -0.2) is 4.98 Å². The highest BCUT2D eigenvalue weighted by Gasteiger charge is 2.15. The number of hydrogen-bond donors (Lipinski definition) is 1. The predicted molar refractivity (Wildman–Crippen MR) is 101 cm³/mol. The summed E-state index contributed by atoms with van der Waals surface area (Å²) in [6.07, 6.45) is 2.74. The van der Waals surface area contributed by atoms with Crippen LogP contribution in [0.4, 0.5) is 5.82 Å². The van der Waals surface area contributed by atoms with E-state index in [-0.39, 0.29) is 11.3 Å². The lowest BCUT2D eigenvalue weighted by Gasteiger charge is -2.19. The van der Waals surface area contributed by atoms with Gasteiger partial charge in [0.1, 0.15) is 16.4 Å². The number of carbonyl (C=O) groups is 1. The van der Waals surface area contributed by atoms with E-state index >= 15 is 0 Å². The molecule has 0 bridgehead atoms. The van der Waals surface area contributed by atoms with Gasteiger partial charge >= 0.3 is 5.97 Å². The molecule has 0 saturated carbocycles. The summed E-state index contributed by atoms with van der Waals surface area (Å²) >= 11 is 11.7. The third kappa shape index (κ3) is 10.2. The van der Waals surface area contributed by atoms with E-state index in [1.807, 2.05) is 20.8 Å². The SMILES string of the molecule is CC(C)(C)OC(=O)CCCSSCCNc1nc(Cl)ncc1Cl. The molecule has 0 aliphatic rings. The van der Waals surface area contributed by atoms with E-state index in [1.54, 1.807) is 21.6 Å². The summed E-state index contributed by atoms with van der Waals surface area (Å²) in [4.78, 5) is 19.3. The highest BCUT2D eigenvalue weighted by Crippen LogP contribution is 2.24. The van der Waals surface area contributed by atoms with E-state index in [0.29, 0.717) is 17.3 Å². The van der Waals surface area contributed by atoms with Crippen molar-refractivity contribution >= 4 is 56.6 Å². The topological polar surface area (TPSA) is 64.1 Å². The minimum Gasteiger partial charge on any atom is -0.460 e. The van der Waals surface area contributed by atoms with Crippen LogP contribution in [0.2, 0.25) is 10.3 Å². The zero-order valence-corrected chi connectivity index (χ0v) is 16.5. The smallest absolute Gasteiger partial charge is 0.306 e. The number of anilines is 1. The van der Waals surface area contributed by atoms with Crippen molar-refractivity contribution in [2.75, 3.05) is 23.4 Å². The van der Waals surface area contributed by atoms with Gasteiger partial charge in [0.25, 0.3) is 0 Å². The first-order valence-corrected chi connectivity index (χ1v) is 10.4. The van der Waals surface area contributed by atoms with Crippen LogP contribution in [0.3, 0.4) is 0 Å². The zero-order chi connectivity index (χ0) is 17.3. The van der Waals surface area contributed by atoms with Gasteiger partial charge in [-0.05, 0) is 38.8 Å². The van der Waals surface area contributed by atoms with E-state index in [9.17, 15) is 4.79 Å². The van der Waals surface area contributed by atoms with Crippen molar-refractivity contribution < 1.29 is 9.53 Å². The molecule has 1 heterocycles. The van der Waals surface area contributed by atoms with Crippen LogP contribution in [0, 0.1) is 0 Å². The highest BCUT2D eigenvalue weighted by atomic mass is 35.5. The minimum absolute atomic E-state index is 0.139. The van der Waals surface area contributed by atoms with E-state index < -0.39 is 5.60 Å². The number of rotatable bonds is 9. The summed E-state index contributed by atoms with van der Waals surface area (Å²) in [5, 5.41) is 3.73. The van der Waals surface area contributed by atoms with Crippen LogP contribution < -0.4 is 5.32 Å². The van der Waals surface area contributed by atoms with Crippen LogP contribution in [0.1, 0.15) is 33.6 Å². The van der Waals surface area contributed by atoms with Crippen LogP contribution in [0.15, 0.2) is 6.20 Å². The Morgan fingerprint density at radius 2 is 2.00 bits per heavy atom. The number of nitrogens with one attached hydrogen (secondary N) is 1. The van der Waals surface area contributed by atoms with Gasteiger partial charge in [0.05, 0.1) is 6.20 Å². The molecule has 23 heavy (non-hydrogen) atoms. The summed E-state index contributed by atoms with van der Waals surface area (Å²) in [6.45, 7) is 6.34. The maximum absolute atomic E-state index is 11.5. The zero-order valence-electron chi connectivity index (χ0n) is 13.4. The molecule has 0 radical (unpaired) electrons. The number of aromatic nitrogens is 2. The van der Waals surface area contributed by atoms with Crippen molar-refractivity contribution in [3.8, 4) is 0 Å². The summed E-state index contributed by atoms with van der Waals surface area (Å²) in [5.74, 6) is 2.20. The minimum atomic E-state index is -0.407. The Kier molecular flexibility index (Phi) is 9.43. The van der Waals surface area contributed by atoms with Crippen LogP contribution in [0.25, 0.3) is 0 Å². The second-order valence-corrected chi connectivity index (χ2v) is 9.04. The number of hydrogen-bond acceptors (Lipinski definition) is 7. The molecule has 0 spiro atoms. The van der Waals surface area contributed by atoms with Crippen LogP contribution in [-0.2, 0) is 9.53 Å². The van der Waals surface area contributed by atoms with Crippen molar-refractivity contribution in [1.82, 2.24) is 9.97 Å². The average Bonchev–Trinajstić information content (AvgIpc) is 2.43. The molecule has 0 aromatic carbocycles. The molecule has 0 atom stereocenters. The molecular formula is C14H21Cl2N3O2S2. The number of ether oxygens (including phenoxy) is 1. The Morgan fingerprint density at radius 3 is 2.70 bits per heavy atom. The van der Waals surface area contributed by atoms with Gasteiger partial charge < -0.3 is 10.1 Å². The molecular weight excluding hydrogens is 377 g/mol. The van der Waals surface area contributed by atoms with E-state index in [0.717, 1.165) is 24.5 Å². The second-order valence-electron chi connectivity index (χ2n) is 5.60. The monoisotopic (exact) mass is 397 g/mol. The molecule has 0 aliphatic heterocycles. The largest absolute Gasteiger partial charge is 0.460 e. The van der Waals surface area contributed by atoms with Gasteiger partial charge in [-0.3, -0.25) is 4.79 Å². The van der Waals surface area contributed by atoms with Crippen molar-refractivity contribution in [3.05, 3.63) is 16.5 Å². The molecule has 5 nitrogen and oxygen atoms in total. The number of nitrogens with zero attached hydrogens (tertiary/aromatic N) is 2. The molecule has 0 unspecified atom stereocenters. The Labute approximate surface area is 155 Å². The highest BCUT2D eigenvalue weighted by molar-refractivity contribution is 8.76. The summed E-state index contributed by atoms with van der Waals surface area (Å²) < 4.78 is 5.25. The first-order valence-electron chi connectivity index (χ1n) is 7.16. The number of esters is 1. The molecule has 1 N–H and O–H groups in total. The first-order chi connectivity index (χ1) is 10.8. The van der Waals surface area contributed by atoms with E-state index in [2.05, 4.69) is 15.3 Å². The summed E-state index contributed by atoms with van der Waals surface area (Å²) in [6, 6.07) is 0. The maximum atomic E-state index is 11.5. The molecule has 1 rings (SSSR count). The predicted octanol–water partition coefficient (Wildman–Crippen LogP) is 4.70. The van der Waals surface area contributed by atoms with Gasteiger partial charge in [0.15, 0.2) is 0 Å². The molecule has 0 amide bonds. The maximum Gasteiger partial charge on any atom is 0.306 e. The molecule has 0 aliphatic carbocycles. The fraction of sp³-hybridized carbons (Fsp3) is 0.643. The lowest BCUT2D eigenvalue weighted by molar-refractivity contribution is -0.154. The van der Waals surface area contributed by atoms with Crippen molar-refractivity contribution in [2.24, 2.45) is 0 Å².